The predicted octanol–water partition coefficient (Wildman–Crippen LogP) is 9.02. The summed E-state index contributed by atoms with van der Waals surface area (Å²) in [5.41, 5.74) is 1.81. The second-order valence-electron chi connectivity index (χ2n) is 13.1. The van der Waals surface area contributed by atoms with E-state index in [4.69, 9.17) is 13.9 Å². The molecule has 0 saturated carbocycles. The predicted molar refractivity (Wildman–Crippen MR) is 167 cm³/mol. The zero-order valence-corrected chi connectivity index (χ0v) is 26.7. The molecule has 0 amide bonds. The number of hydrogen-bond acceptors (Lipinski definition) is 4. The maximum Gasteiger partial charge on any atom is 0.338 e. The Morgan fingerprint density at radius 2 is 1.23 bits per heavy atom. The molecular weight excluding hydrogens is 512 g/mol. The van der Waals surface area contributed by atoms with Crippen molar-refractivity contribution < 1.29 is 18.7 Å². The van der Waals surface area contributed by atoms with Crippen LogP contribution in [0.2, 0.25) is 18.1 Å². The van der Waals surface area contributed by atoms with Gasteiger partial charge >= 0.3 is 5.97 Å². The van der Waals surface area contributed by atoms with Gasteiger partial charge in [0.15, 0.2) is 8.32 Å². The van der Waals surface area contributed by atoms with E-state index in [1.807, 2.05) is 30.3 Å². The highest BCUT2D eigenvalue weighted by atomic mass is 28.4. The van der Waals surface area contributed by atoms with Crippen molar-refractivity contribution in [2.45, 2.75) is 84.2 Å². The van der Waals surface area contributed by atoms with Gasteiger partial charge in [0.1, 0.15) is 5.60 Å². The number of rotatable bonds is 12. The van der Waals surface area contributed by atoms with Crippen LogP contribution in [0.1, 0.15) is 75.9 Å². The van der Waals surface area contributed by atoms with Crippen molar-refractivity contribution in [1.82, 2.24) is 0 Å². The standard InChI is InChI=1S/C35H48O4Si/c1-33(2,3)35(29-21-14-10-15-22-29,30-23-16-11-17-24-30)39-31(27-38-40(7,8)34(4,5)6)25-18-26-37-32(36)28-19-12-9-13-20-28/h9-17,19-24,31H,18,25-27H2,1-8H3. The van der Waals surface area contributed by atoms with Crippen LogP contribution in [0.25, 0.3) is 0 Å². The SMILES string of the molecule is CC(C)(C)C(OC(CCCOC(=O)c1ccccc1)CO[Si](C)(C)C(C)(C)C)(c1ccccc1)c1ccccc1. The van der Waals surface area contributed by atoms with Gasteiger partial charge in [0.05, 0.1) is 24.9 Å². The van der Waals surface area contributed by atoms with E-state index < -0.39 is 13.9 Å². The Morgan fingerprint density at radius 1 is 0.750 bits per heavy atom. The lowest BCUT2D eigenvalue weighted by Crippen LogP contribution is -2.49. The van der Waals surface area contributed by atoms with Gasteiger partial charge in [-0.1, -0.05) is 120 Å². The fourth-order valence-corrected chi connectivity index (χ4v) is 5.80. The molecule has 0 heterocycles. The maximum absolute atomic E-state index is 12.5. The van der Waals surface area contributed by atoms with Gasteiger partial charge in [-0.15, -0.1) is 0 Å². The van der Waals surface area contributed by atoms with Crippen LogP contribution in [0.15, 0.2) is 91.0 Å². The largest absolute Gasteiger partial charge is 0.462 e. The number of carbonyl (C=O) groups is 1. The smallest absolute Gasteiger partial charge is 0.338 e. The van der Waals surface area contributed by atoms with Crippen LogP contribution in [-0.2, 0) is 19.5 Å². The summed E-state index contributed by atoms with van der Waals surface area (Å²) in [6.07, 6.45) is 1.17. The Hall–Kier alpha value is -2.73. The summed E-state index contributed by atoms with van der Waals surface area (Å²) in [4.78, 5) is 12.5. The average molecular weight is 561 g/mol. The third-order valence-corrected chi connectivity index (χ3v) is 12.6. The Balaban J connectivity index is 1.91. The van der Waals surface area contributed by atoms with Crippen LogP contribution in [-0.4, -0.2) is 33.6 Å². The van der Waals surface area contributed by atoms with Crippen molar-refractivity contribution in [3.05, 3.63) is 108 Å². The van der Waals surface area contributed by atoms with Gasteiger partial charge < -0.3 is 13.9 Å². The molecule has 1 atom stereocenters. The molecule has 0 radical (unpaired) electrons. The van der Waals surface area contributed by atoms with E-state index in [-0.39, 0.29) is 22.5 Å². The first-order valence-electron chi connectivity index (χ1n) is 14.4. The van der Waals surface area contributed by atoms with Crippen LogP contribution < -0.4 is 0 Å². The average Bonchev–Trinajstić information content (AvgIpc) is 2.92. The van der Waals surface area contributed by atoms with E-state index in [9.17, 15) is 4.79 Å². The van der Waals surface area contributed by atoms with Gasteiger partial charge in [-0.2, -0.15) is 0 Å². The van der Waals surface area contributed by atoms with Crippen LogP contribution in [0.3, 0.4) is 0 Å². The van der Waals surface area contributed by atoms with Gasteiger partial charge in [0.2, 0.25) is 0 Å². The molecule has 0 saturated heterocycles. The van der Waals surface area contributed by atoms with Crippen molar-refractivity contribution in [1.29, 1.82) is 0 Å². The Bertz CT molecular complexity index is 1140. The number of carbonyl (C=O) groups excluding carboxylic acids is 1. The van der Waals surface area contributed by atoms with Crippen LogP contribution in [0.5, 0.6) is 0 Å². The van der Waals surface area contributed by atoms with E-state index in [1.54, 1.807) is 12.1 Å². The molecule has 3 aromatic rings. The second kappa shape index (κ2) is 13.3. The summed E-state index contributed by atoms with van der Waals surface area (Å²) in [6, 6.07) is 30.2. The van der Waals surface area contributed by atoms with Crippen LogP contribution >= 0.6 is 0 Å². The molecule has 3 rings (SSSR count). The number of esters is 1. The summed E-state index contributed by atoms with van der Waals surface area (Å²) < 4.78 is 19.7. The zero-order chi connectivity index (χ0) is 29.4. The molecule has 0 bridgehead atoms. The normalized spacial score (nSPS) is 13.6. The van der Waals surface area contributed by atoms with Gasteiger partial charge in [-0.05, 0) is 59.6 Å². The molecule has 3 aromatic carbocycles. The molecule has 40 heavy (non-hydrogen) atoms. The highest BCUT2D eigenvalue weighted by molar-refractivity contribution is 6.74. The third kappa shape index (κ3) is 7.71. The molecular formula is C35H48O4Si. The minimum absolute atomic E-state index is 0.0861. The van der Waals surface area contributed by atoms with Gasteiger partial charge in [0, 0.05) is 0 Å². The molecule has 0 aliphatic carbocycles. The van der Waals surface area contributed by atoms with Gasteiger partial charge in [-0.3, -0.25) is 0 Å². The lowest BCUT2D eigenvalue weighted by molar-refractivity contribution is -0.146. The number of benzene rings is 3. The van der Waals surface area contributed by atoms with Crippen molar-refractivity contribution in [2.75, 3.05) is 13.2 Å². The van der Waals surface area contributed by atoms with Crippen LogP contribution in [0.4, 0.5) is 0 Å². The van der Waals surface area contributed by atoms with Crippen molar-refractivity contribution in [3.63, 3.8) is 0 Å². The van der Waals surface area contributed by atoms with Gasteiger partial charge in [-0.25, -0.2) is 4.79 Å². The monoisotopic (exact) mass is 560 g/mol. The molecule has 0 aromatic heterocycles. The molecule has 216 valence electrons. The van der Waals surface area contributed by atoms with Crippen molar-refractivity contribution in [3.8, 4) is 0 Å². The first kappa shape index (κ1) is 31.8. The summed E-state index contributed by atoms with van der Waals surface area (Å²) >= 11 is 0. The molecule has 0 fully saturated rings. The number of hydrogen-bond donors (Lipinski definition) is 0. The Kier molecular flexibility index (Phi) is 10.6. The van der Waals surface area contributed by atoms with E-state index >= 15 is 0 Å². The quantitative estimate of drug-likeness (QED) is 0.126. The minimum atomic E-state index is -2.02. The summed E-state index contributed by atoms with van der Waals surface area (Å²) in [7, 11) is -2.02. The highest BCUT2D eigenvalue weighted by Crippen LogP contribution is 2.49. The fraction of sp³-hybridized carbons (Fsp3) is 0.457. The molecule has 0 aliphatic rings. The molecule has 0 spiro atoms. The second-order valence-corrected chi connectivity index (χ2v) is 17.9. The van der Waals surface area contributed by atoms with E-state index in [0.717, 1.165) is 11.1 Å². The van der Waals surface area contributed by atoms with E-state index in [0.29, 0.717) is 31.6 Å². The highest BCUT2D eigenvalue weighted by Gasteiger charge is 2.48. The summed E-state index contributed by atoms with van der Waals surface area (Å²) in [6.45, 7) is 18.8. The molecule has 0 aliphatic heterocycles. The Labute approximate surface area is 243 Å². The minimum Gasteiger partial charge on any atom is -0.462 e. The van der Waals surface area contributed by atoms with Gasteiger partial charge in [0.25, 0.3) is 0 Å². The van der Waals surface area contributed by atoms with E-state index in [1.165, 1.54) is 0 Å². The summed E-state index contributed by atoms with van der Waals surface area (Å²) in [5.74, 6) is -0.298. The maximum atomic E-state index is 12.5. The lowest BCUT2D eigenvalue weighted by atomic mass is 9.68. The summed E-state index contributed by atoms with van der Waals surface area (Å²) in [5, 5.41) is 0.0861. The van der Waals surface area contributed by atoms with E-state index in [2.05, 4.69) is 103 Å². The first-order chi connectivity index (χ1) is 18.8. The molecule has 0 N–H and O–H groups in total. The molecule has 5 heteroatoms. The first-order valence-corrected chi connectivity index (χ1v) is 17.3. The topological polar surface area (TPSA) is 44.8 Å². The third-order valence-electron chi connectivity index (χ3n) is 8.11. The number of ether oxygens (including phenoxy) is 2. The Morgan fingerprint density at radius 3 is 1.68 bits per heavy atom. The molecule has 4 nitrogen and oxygen atoms in total. The van der Waals surface area contributed by atoms with Crippen molar-refractivity contribution >= 4 is 14.3 Å². The fourth-order valence-electron chi connectivity index (χ4n) is 4.77. The molecule has 1 unspecified atom stereocenters. The van der Waals surface area contributed by atoms with Crippen molar-refractivity contribution in [2.24, 2.45) is 5.41 Å². The van der Waals surface area contributed by atoms with Crippen LogP contribution in [0, 0.1) is 5.41 Å². The zero-order valence-electron chi connectivity index (χ0n) is 25.7. The lowest BCUT2D eigenvalue weighted by Gasteiger charge is -2.48.